The maximum absolute atomic E-state index is 12.5. The third-order valence-corrected chi connectivity index (χ3v) is 3.06. The first-order valence-corrected chi connectivity index (χ1v) is 5.79. The summed E-state index contributed by atoms with van der Waals surface area (Å²) in [5.74, 6) is 0.0346. The number of benzene rings is 1. The van der Waals surface area contributed by atoms with Crippen molar-refractivity contribution in [2.45, 2.75) is 6.92 Å². The highest BCUT2D eigenvalue weighted by Crippen LogP contribution is 2.24. The standard InChI is InChI=1S/C15H12N2O/c1-10-14(12-4-2-3-5-13(12)17-10)15(18)11-6-8-16-9-7-11/h2-9,17H,1H3. The number of ketones is 1. The van der Waals surface area contributed by atoms with Crippen LogP contribution in [0.15, 0.2) is 48.8 Å². The lowest BCUT2D eigenvalue weighted by atomic mass is 10.0. The fourth-order valence-corrected chi connectivity index (χ4v) is 2.22. The molecule has 2 heterocycles. The molecule has 3 aromatic rings. The molecule has 3 rings (SSSR count). The Morgan fingerprint density at radius 3 is 2.61 bits per heavy atom. The van der Waals surface area contributed by atoms with Crippen LogP contribution in [0, 0.1) is 6.92 Å². The molecule has 3 heteroatoms. The van der Waals surface area contributed by atoms with Gasteiger partial charge >= 0.3 is 0 Å². The normalized spacial score (nSPS) is 10.7. The summed E-state index contributed by atoms with van der Waals surface area (Å²) in [6.07, 6.45) is 3.27. The molecule has 0 amide bonds. The highest BCUT2D eigenvalue weighted by molar-refractivity contribution is 6.17. The van der Waals surface area contributed by atoms with Gasteiger partial charge in [-0.1, -0.05) is 18.2 Å². The van der Waals surface area contributed by atoms with E-state index >= 15 is 0 Å². The van der Waals surface area contributed by atoms with E-state index in [0.717, 1.165) is 22.2 Å². The summed E-state index contributed by atoms with van der Waals surface area (Å²) in [4.78, 5) is 19.7. The van der Waals surface area contributed by atoms with E-state index in [2.05, 4.69) is 9.97 Å². The molecule has 2 aromatic heterocycles. The monoisotopic (exact) mass is 236 g/mol. The summed E-state index contributed by atoms with van der Waals surface area (Å²) in [5.41, 5.74) is 3.31. The minimum absolute atomic E-state index is 0.0346. The van der Waals surface area contributed by atoms with Crippen molar-refractivity contribution in [3.8, 4) is 0 Å². The maximum atomic E-state index is 12.5. The van der Waals surface area contributed by atoms with Gasteiger partial charge in [-0.2, -0.15) is 0 Å². The van der Waals surface area contributed by atoms with Gasteiger partial charge in [0.05, 0.1) is 5.56 Å². The molecule has 3 nitrogen and oxygen atoms in total. The summed E-state index contributed by atoms with van der Waals surface area (Å²) in [6, 6.07) is 11.3. The molecule has 0 atom stereocenters. The Hall–Kier alpha value is -2.42. The number of aromatic nitrogens is 2. The van der Waals surface area contributed by atoms with E-state index in [1.54, 1.807) is 24.5 Å². The number of H-pyrrole nitrogens is 1. The molecule has 0 radical (unpaired) electrons. The van der Waals surface area contributed by atoms with Crippen LogP contribution < -0.4 is 0 Å². The topological polar surface area (TPSA) is 45.8 Å². The number of nitrogens with one attached hydrogen (secondary N) is 1. The second-order valence-corrected chi connectivity index (χ2v) is 4.24. The largest absolute Gasteiger partial charge is 0.358 e. The van der Waals surface area contributed by atoms with Crippen molar-refractivity contribution in [3.05, 3.63) is 65.6 Å². The number of hydrogen-bond acceptors (Lipinski definition) is 2. The van der Waals surface area contributed by atoms with Gasteiger partial charge in [0, 0.05) is 34.6 Å². The molecule has 0 unspecified atom stereocenters. The van der Waals surface area contributed by atoms with E-state index in [0.29, 0.717) is 5.56 Å². The van der Waals surface area contributed by atoms with Crippen LogP contribution in [0.3, 0.4) is 0 Å². The minimum atomic E-state index is 0.0346. The van der Waals surface area contributed by atoms with E-state index in [1.807, 2.05) is 31.2 Å². The Bertz CT molecular complexity index is 714. The maximum Gasteiger partial charge on any atom is 0.195 e. The van der Waals surface area contributed by atoms with Gasteiger partial charge in [-0.05, 0) is 25.1 Å². The molecule has 18 heavy (non-hydrogen) atoms. The summed E-state index contributed by atoms with van der Waals surface area (Å²) in [6.45, 7) is 1.93. The van der Waals surface area contributed by atoms with E-state index < -0.39 is 0 Å². The first-order valence-electron chi connectivity index (χ1n) is 5.79. The average Bonchev–Trinajstić information content (AvgIpc) is 2.75. The molecular weight excluding hydrogens is 224 g/mol. The molecule has 0 bridgehead atoms. The van der Waals surface area contributed by atoms with Crippen molar-refractivity contribution in [3.63, 3.8) is 0 Å². The number of rotatable bonds is 2. The molecule has 0 aliphatic rings. The Morgan fingerprint density at radius 2 is 1.83 bits per heavy atom. The minimum Gasteiger partial charge on any atom is -0.358 e. The Morgan fingerprint density at radius 1 is 1.11 bits per heavy atom. The second-order valence-electron chi connectivity index (χ2n) is 4.24. The van der Waals surface area contributed by atoms with Crippen LogP contribution in [0.25, 0.3) is 10.9 Å². The Labute approximate surface area is 104 Å². The van der Waals surface area contributed by atoms with Gasteiger partial charge in [-0.3, -0.25) is 9.78 Å². The lowest BCUT2D eigenvalue weighted by Crippen LogP contribution is -2.02. The average molecular weight is 236 g/mol. The quantitative estimate of drug-likeness (QED) is 0.695. The Balaban J connectivity index is 2.21. The predicted octanol–water partition coefficient (Wildman–Crippen LogP) is 3.10. The lowest BCUT2D eigenvalue weighted by Gasteiger charge is -2.00. The van der Waals surface area contributed by atoms with Crippen molar-refractivity contribution in [2.24, 2.45) is 0 Å². The van der Waals surface area contributed by atoms with E-state index in [1.165, 1.54) is 0 Å². The van der Waals surface area contributed by atoms with E-state index in [9.17, 15) is 4.79 Å². The fourth-order valence-electron chi connectivity index (χ4n) is 2.22. The molecule has 0 spiro atoms. The first kappa shape index (κ1) is 10.7. The van der Waals surface area contributed by atoms with Crippen molar-refractivity contribution < 1.29 is 4.79 Å². The van der Waals surface area contributed by atoms with Crippen LogP contribution >= 0.6 is 0 Å². The molecular formula is C15H12N2O. The predicted molar refractivity (Wildman–Crippen MR) is 70.7 cm³/mol. The number of para-hydroxylation sites is 1. The molecule has 88 valence electrons. The zero-order valence-corrected chi connectivity index (χ0v) is 9.97. The van der Waals surface area contributed by atoms with Gasteiger partial charge in [0.25, 0.3) is 0 Å². The molecule has 0 saturated carbocycles. The van der Waals surface area contributed by atoms with Crippen molar-refractivity contribution in [1.82, 2.24) is 9.97 Å². The number of aryl methyl sites for hydroxylation is 1. The number of pyridine rings is 1. The molecule has 0 aliphatic heterocycles. The molecule has 0 fully saturated rings. The molecule has 1 N–H and O–H groups in total. The first-order chi connectivity index (χ1) is 8.77. The van der Waals surface area contributed by atoms with Crippen LogP contribution in [-0.4, -0.2) is 15.8 Å². The highest BCUT2D eigenvalue weighted by Gasteiger charge is 2.16. The van der Waals surface area contributed by atoms with Gasteiger partial charge in [0.2, 0.25) is 0 Å². The van der Waals surface area contributed by atoms with Crippen molar-refractivity contribution in [2.75, 3.05) is 0 Å². The van der Waals surface area contributed by atoms with Crippen LogP contribution in [0.1, 0.15) is 21.6 Å². The van der Waals surface area contributed by atoms with Gasteiger partial charge in [0.15, 0.2) is 5.78 Å². The van der Waals surface area contributed by atoms with Gasteiger partial charge < -0.3 is 4.98 Å². The third-order valence-electron chi connectivity index (χ3n) is 3.06. The highest BCUT2D eigenvalue weighted by atomic mass is 16.1. The zero-order chi connectivity index (χ0) is 12.5. The summed E-state index contributed by atoms with van der Waals surface area (Å²) in [5, 5.41) is 0.969. The molecule has 0 aliphatic carbocycles. The number of aromatic amines is 1. The summed E-state index contributed by atoms with van der Waals surface area (Å²) < 4.78 is 0. The van der Waals surface area contributed by atoms with Crippen LogP contribution in [0.5, 0.6) is 0 Å². The smallest absolute Gasteiger partial charge is 0.195 e. The Kier molecular flexibility index (Phi) is 2.45. The second kappa shape index (κ2) is 4.11. The fraction of sp³-hybridized carbons (Fsp3) is 0.0667. The summed E-state index contributed by atoms with van der Waals surface area (Å²) in [7, 11) is 0. The van der Waals surface area contributed by atoms with Crippen LogP contribution in [0.2, 0.25) is 0 Å². The summed E-state index contributed by atoms with van der Waals surface area (Å²) >= 11 is 0. The molecule has 0 saturated heterocycles. The van der Waals surface area contributed by atoms with E-state index in [-0.39, 0.29) is 5.78 Å². The van der Waals surface area contributed by atoms with Crippen molar-refractivity contribution >= 4 is 16.7 Å². The number of carbonyl (C=O) groups excluding carboxylic acids is 1. The number of carbonyl (C=O) groups is 1. The van der Waals surface area contributed by atoms with E-state index in [4.69, 9.17) is 0 Å². The molecule has 1 aromatic carbocycles. The zero-order valence-electron chi connectivity index (χ0n) is 9.97. The van der Waals surface area contributed by atoms with Crippen LogP contribution in [0.4, 0.5) is 0 Å². The SMILES string of the molecule is Cc1[nH]c2ccccc2c1C(=O)c1ccncc1. The number of hydrogen-bond donors (Lipinski definition) is 1. The van der Waals surface area contributed by atoms with Gasteiger partial charge in [0.1, 0.15) is 0 Å². The van der Waals surface area contributed by atoms with Crippen molar-refractivity contribution in [1.29, 1.82) is 0 Å². The number of fused-ring (bicyclic) bond motifs is 1. The third kappa shape index (κ3) is 1.61. The van der Waals surface area contributed by atoms with Gasteiger partial charge in [-0.15, -0.1) is 0 Å². The van der Waals surface area contributed by atoms with Crippen LogP contribution in [-0.2, 0) is 0 Å². The lowest BCUT2D eigenvalue weighted by molar-refractivity contribution is 0.103. The van der Waals surface area contributed by atoms with Gasteiger partial charge in [-0.25, -0.2) is 0 Å². The number of nitrogens with zero attached hydrogens (tertiary/aromatic N) is 1.